The van der Waals surface area contributed by atoms with E-state index in [0.29, 0.717) is 16.9 Å². The first-order valence-electron chi connectivity index (χ1n) is 9.04. The molecular weight excluding hydrogens is 408 g/mol. The smallest absolute Gasteiger partial charge is 0.355 e. The Hall–Kier alpha value is -3.11. The average Bonchev–Trinajstić information content (AvgIpc) is 3.27. The molecule has 0 amide bonds. The molecule has 29 heavy (non-hydrogen) atoms. The fraction of sp³-hybridized carbons (Fsp3) is 0.211. The SMILES string of the molecule is Cc1c(Nc2nc(C(=O)O)cs2)nnc(Nc2nc3ccccc3s2)c1C1CC1. The van der Waals surface area contributed by atoms with Crippen LogP contribution in [0.2, 0.25) is 0 Å². The van der Waals surface area contributed by atoms with Gasteiger partial charge in [-0.05, 0) is 37.8 Å². The molecule has 0 aliphatic heterocycles. The lowest BCUT2D eigenvalue weighted by atomic mass is 10.1. The van der Waals surface area contributed by atoms with Crippen molar-refractivity contribution in [3.63, 3.8) is 0 Å². The number of nitrogens with one attached hydrogen (secondary N) is 2. The van der Waals surface area contributed by atoms with Crippen LogP contribution in [0.3, 0.4) is 0 Å². The number of aromatic carboxylic acids is 1. The second-order valence-electron chi connectivity index (χ2n) is 6.79. The standard InChI is InChI=1S/C19H16N6O2S2/c1-9-14(10-6-7-10)16(23-19-20-11-4-2-3-5-13(11)29-19)25-24-15(9)22-18-21-12(8-28-18)17(26)27/h2-5,8,10H,6-7H2,1H3,(H,26,27)(H,20,23,25)(H,21,22,24). The summed E-state index contributed by atoms with van der Waals surface area (Å²) in [4.78, 5) is 19.7. The van der Waals surface area contributed by atoms with E-state index in [4.69, 9.17) is 5.11 Å². The van der Waals surface area contributed by atoms with Crippen LogP contribution < -0.4 is 10.6 Å². The van der Waals surface area contributed by atoms with E-state index in [2.05, 4.69) is 30.8 Å². The number of para-hydroxylation sites is 1. The summed E-state index contributed by atoms with van der Waals surface area (Å²) < 4.78 is 1.11. The minimum Gasteiger partial charge on any atom is -0.476 e. The zero-order valence-corrected chi connectivity index (χ0v) is 17.0. The lowest BCUT2D eigenvalue weighted by Crippen LogP contribution is -2.07. The van der Waals surface area contributed by atoms with Crippen LogP contribution in [0, 0.1) is 6.92 Å². The summed E-state index contributed by atoms with van der Waals surface area (Å²) in [6.45, 7) is 2.00. The predicted molar refractivity (Wildman–Crippen MR) is 114 cm³/mol. The number of nitrogens with zero attached hydrogens (tertiary/aromatic N) is 4. The van der Waals surface area contributed by atoms with E-state index in [0.717, 1.165) is 45.1 Å². The number of thiazole rings is 2. The first-order valence-corrected chi connectivity index (χ1v) is 10.7. The fourth-order valence-electron chi connectivity index (χ4n) is 3.17. The number of anilines is 4. The molecule has 3 heterocycles. The van der Waals surface area contributed by atoms with Gasteiger partial charge in [0.25, 0.3) is 0 Å². The molecule has 1 aliphatic rings. The van der Waals surface area contributed by atoms with E-state index >= 15 is 0 Å². The quantitative estimate of drug-likeness (QED) is 0.400. The highest BCUT2D eigenvalue weighted by Crippen LogP contribution is 2.46. The van der Waals surface area contributed by atoms with E-state index in [1.165, 1.54) is 16.7 Å². The van der Waals surface area contributed by atoms with Crippen molar-refractivity contribution in [3.05, 3.63) is 46.5 Å². The number of benzene rings is 1. The van der Waals surface area contributed by atoms with Gasteiger partial charge in [0, 0.05) is 16.5 Å². The third kappa shape index (κ3) is 3.52. The maximum atomic E-state index is 11.0. The topological polar surface area (TPSA) is 113 Å². The van der Waals surface area contributed by atoms with Gasteiger partial charge in [-0.25, -0.2) is 14.8 Å². The zero-order chi connectivity index (χ0) is 20.0. The van der Waals surface area contributed by atoms with Crippen molar-refractivity contribution in [2.75, 3.05) is 10.6 Å². The van der Waals surface area contributed by atoms with Gasteiger partial charge in [-0.15, -0.1) is 21.5 Å². The maximum absolute atomic E-state index is 11.0. The van der Waals surface area contributed by atoms with Crippen molar-refractivity contribution in [1.82, 2.24) is 20.2 Å². The lowest BCUT2D eigenvalue weighted by molar-refractivity contribution is 0.0691. The molecule has 0 spiro atoms. The highest BCUT2D eigenvalue weighted by Gasteiger charge is 2.31. The summed E-state index contributed by atoms with van der Waals surface area (Å²) in [7, 11) is 0. The number of carbonyl (C=O) groups is 1. The molecule has 8 nitrogen and oxygen atoms in total. The van der Waals surface area contributed by atoms with Crippen molar-refractivity contribution < 1.29 is 9.90 Å². The second-order valence-corrected chi connectivity index (χ2v) is 8.68. The van der Waals surface area contributed by atoms with Crippen LogP contribution >= 0.6 is 22.7 Å². The van der Waals surface area contributed by atoms with Crippen molar-refractivity contribution >= 4 is 60.8 Å². The summed E-state index contributed by atoms with van der Waals surface area (Å²) in [5.41, 5.74) is 3.07. The van der Waals surface area contributed by atoms with Crippen molar-refractivity contribution in [3.8, 4) is 0 Å². The molecule has 10 heteroatoms. The Morgan fingerprint density at radius 2 is 1.86 bits per heavy atom. The molecule has 0 radical (unpaired) electrons. The molecule has 1 saturated carbocycles. The summed E-state index contributed by atoms with van der Waals surface area (Å²) in [5, 5.41) is 27.0. The largest absolute Gasteiger partial charge is 0.476 e. The van der Waals surface area contributed by atoms with Crippen LogP contribution in [-0.2, 0) is 0 Å². The Morgan fingerprint density at radius 1 is 1.10 bits per heavy atom. The molecule has 4 aromatic rings. The first-order chi connectivity index (χ1) is 14.1. The summed E-state index contributed by atoms with van der Waals surface area (Å²) in [5.74, 6) is 0.702. The number of rotatable bonds is 6. The molecule has 0 atom stereocenters. The van der Waals surface area contributed by atoms with Crippen molar-refractivity contribution in [1.29, 1.82) is 0 Å². The second kappa shape index (κ2) is 7.05. The minimum absolute atomic E-state index is 0.0136. The number of aromatic nitrogens is 4. The van der Waals surface area contributed by atoms with Gasteiger partial charge in [0.15, 0.2) is 27.6 Å². The monoisotopic (exact) mass is 424 g/mol. The van der Waals surface area contributed by atoms with Gasteiger partial charge in [0.1, 0.15) is 0 Å². The van der Waals surface area contributed by atoms with Crippen LogP contribution in [0.5, 0.6) is 0 Å². The van der Waals surface area contributed by atoms with Gasteiger partial charge in [-0.3, -0.25) is 0 Å². The van der Waals surface area contributed by atoms with Crippen LogP contribution in [-0.4, -0.2) is 31.2 Å². The van der Waals surface area contributed by atoms with Gasteiger partial charge >= 0.3 is 5.97 Å². The van der Waals surface area contributed by atoms with E-state index < -0.39 is 5.97 Å². The molecule has 3 aromatic heterocycles. The third-order valence-corrected chi connectivity index (χ3v) is 6.43. The molecule has 146 valence electrons. The highest BCUT2D eigenvalue weighted by atomic mass is 32.1. The third-order valence-electron chi connectivity index (χ3n) is 4.72. The van der Waals surface area contributed by atoms with E-state index in [-0.39, 0.29) is 5.69 Å². The Morgan fingerprint density at radius 3 is 2.59 bits per heavy atom. The number of carboxylic acid groups (broad SMARTS) is 1. The molecule has 0 unspecified atom stereocenters. The van der Waals surface area contributed by atoms with Gasteiger partial charge < -0.3 is 15.7 Å². The summed E-state index contributed by atoms with van der Waals surface area (Å²) in [6, 6.07) is 8.00. The number of hydrogen-bond donors (Lipinski definition) is 3. The normalized spacial score (nSPS) is 13.6. The number of hydrogen-bond acceptors (Lipinski definition) is 9. The molecule has 1 fully saturated rings. The summed E-state index contributed by atoms with van der Waals surface area (Å²) in [6.07, 6.45) is 2.22. The van der Waals surface area contributed by atoms with Crippen molar-refractivity contribution in [2.45, 2.75) is 25.7 Å². The zero-order valence-electron chi connectivity index (χ0n) is 15.3. The maximum Gasteiger partial charge on any atom is 0.355 e. The molecular formula is C19H16N6O2S2. The van der Waals surface area contributed by atoms with Crippen LogP contribution in [0.4, 0.5) is 21.9 Å². The Kier molecular flexibility index (Phi) is 4.36. The molecule has 1 aromatic carbocycles. The highest BCUT2D eigenvalue weighted by molar-refractivity contribution is 7.22. The van der Waals surface area contributed by atoms with Crippen LogP contribution in [0.1, 0.15) is 40.4 Å². The molecule has 1 aliphatic carbocycles. The van der Waals surface area contributed by atoms with E-state index in [9.17, 15) is 4.79 Å². The molecule has 0 saturated heterocycles. The Labute approximate surface area is 173 Å². The van der Waals surface area contributed by atoms with Crippen LogP contribution in [0.25, 0.3) is 10.2 Å². The fourth-order valence-corrected chi connectivity index (χ4v) is 4.72. The van der Waals surface area contributed by atoms with Gasteiger partial charge in [0.05, 0.1) is 10.2 Å². The summed E-state index contributed by atoms with van der Waals surface area (Å²) >= 11 is 2.81. The van der Waals surface area contributed by atoms with Gasteiger partial charge in [-0.1, -0.05) is 23.5 Å². The minimum atomic E-state index is -1.05. The Balaban J connectivity index is 1.46. The predicted octanol–water partition coefficient (Wildman–Crippen LogP) is 4.91. The van der Waals surface area contributed by atoms with Crippen molar-refractivity contribution in [2.24, 2.45) is 0 Å². The molecule has 5 rings (SSSR count). The van der Waals surface area contributed by atoms with E-state index in [1.807, 2.05) is 31.2 Å². The molecule has 0 bridgehead atoms. The lowest BCUT2D eigenvalue weighted by Gasteiger charge is -2.14. The van der Waals surface area contributed by atoms with Gasteiger partial charge in [0.2, 0.25) is 0 Å². The van der Waals surface area contributed by atoms with E-state index in [1.54, 1.807) is 11.3 Å². The first kappa shape index (κ1) is 18.0. The van der Waals surface area contributed by atoms with Gasteiger partial charge in [-0.2, -0.15) is 0 Å². The Bertz CT molecular complexity index is 1200. The average molecular weight is 425 g/mol. The number of carboxylic acids is 1. The number of fused-ring (bicyclic) bond motifs is 1. The molecule has 3 N–H and O–H groups in total. The van der Waals surface area contributed by atoms with Crippen LogP contribution in [0.15, 0.2) is 29.6 Å².